The third-order valence-corrected chi connectivity index (χ3v) is 4.27. The summed E-state index contributed by atoms with van der Waals surface area (Å²) >= 11 is 0. The molecule has 0 aromatic heterocycles. The summed E-state index contributed by atoms with van der Waals surface area (Å²) in [5.74, 6) is -0.952. The normalized spacial score (nSPS) is 11.3. The van der Waals surface area contributed by atoms with Gasteiger partial charge in [0.2, 0.25) is 0 Å². The van der Waals surface area contributed by atoms with Crippen molar-refractivity contribution in [2.45, 2.75) is 65.7 Å². The Morgan fingerprint density at radius 3 is 1.93 bits per heavy atom. The van der Waals surface area contributed by atoms with E-state index in [4.69, 9.17) is 14.2 Å². The summed E-state index contributed by atoms with van der Waals surface area (Å²) in [5.41, 5.74) is 1.41. The van der Waals surface area contributed by atoms with Crippen molar-refractivity contribution in [1.29, 1.82) is 0 Å². The molecule has 0 atom stereocenters. The molecule has 1 aromatic rings. The maximum Gasteiger partial charge on any atom is 0.320 e. The van der Waals surface area contributed by atoms with Crippen LogP contribution in [-0.4, -0.2) is 31.8 Å². The molecule has 0 saturated heterocycles. The van der Waals surface area contributed by atoms with E-state index in [9.17, 15) is 9.59 Å². The number of rotatable bonds is 11. The lowest BCUT2D eigenvalue weighted by Crippen LogP contribution is -2.28. The molecule has 0 heterocycles. The Morgan fingerprint density at radius 2 is 1.44 bits per heavy atom. The maximum atomic E-state index is 11.9. The van der Waals surface area contributed by atoms with Crippen LogP contribution in [0.4, 0.5) is 0 Å². The first-order chi connectivity index (χ1) is 12.8. The highest BCUT2D eigenvalue weighted by atomic mass is 16.6. The van der Waals surface area contributed by atoms with Crippen molar-refractivity contribution in [1.82, 2.24) is 0 Å². The van der Waals surface area contributed by atoms with Gasteiger partial charge in [-0.15, -0.1) is 0 Å². The summed E-state index contributed by atoms with van der Waals surface area (Å²) < 4.78 is 15.7. The van der Waals surface area contributed by atoms with Crippen molar-refractivity contribution in [3.8, 4) is 5.75 Å². The minimum absolute atomic E-state index is 0.132. The number of ether oxygens (including phenoxy) is 3. The number of unbranched alkanes of at least 4 members (excludes halogenated alkanes) is 2. The minimum Gasteiger partial charge on any atom is -0.494 e. The van der Waals surface area contributed by atoms with Gasteiger partial charge < -0.3 is 14.2 Å². The Balaban J connectivity index is 2.33. The van der Waals surface area contributed by atoms with E-state index < -0.39 is 17.9 Å². The molecule has 1 aromatic carbocycles. The van der Waals surface area contributed by atoms with Gasteiger partial charge in [0.1, 0.15) is 5.75 Å². The summed E-state index contributed by atoms with van der Waals surface area (Å²) in [7, 11) is 0. The first-order valence-corrected chi connectivity index (χ1v) is 9.86. The van der Waals surface area contributed by atoms with Crippen molar-refractivity contribution in [3.05, 3.63) is 29.8 Å². The monoisotopic (exact) mass is 378 g/mol. The van der Waals surface area contributed by atoms with Crippen LogP contribution in [0.15, 0.2) is 24.3 Å². The molecule has 0 unspecified atom stereocenters. The Hall–Kier alpha value is -2.04. The third kappa shape index (κ3) is 8.46. The quantitative estimate of drug-likeness (QED) is 0.318. The Kier molecular flexibility index (Phi) is 9.90. The van der Waals surface area contributed by atoms with Crippen LogP contribution in [0.1, 0.15) is 65.9 Å². The lowest BCUT2D eigenvalue weighted by molar-refractivity contribution is -0.161. The van der Waals surface area contributed by atoms with E-state index in [0.29, 0.717) is 13.0 Å². The molecule has 0 N–H and O–H groups in total. The van der Waals surface area contributed by atoms with Gasteiger partial charge >= 0.3 is 11.9 Å². The van der Waals surface area contributed by atoms with Gasteiger partial charge in [-0.25, -0.2) is 0 Å². The zero-order chi connectivity index (χ0) is 20.3. The molecule has 5 heteroatoms. The van der Waals surface area contributed by atoms with E-state index in [1.54, 1.807) is 13.8 Å². The second-order valence-electron chi connectivity index (χ2n) is 7.53. The van der Waals surface area contributed by atoms with Crippen LogP contribution < -0.4 is 4.74 Å². The summed E-state index contributed by atoms with van der Waals surface area (Å²) in [6.45, 7) is 11.1. The lowest BCUT2D eigenvalue weighted by Gasteiger charge is -2.19. The average molecular weight is 379 g/mol. The van der Waals surface area contributed by atoms with Crippen molar-refractivity contribution in [2.75, 3.05) is 19.8 Å². The van der Waals surface area contributed by atoms with E-state index in [0.717, 1.165) is 25.0 Å². The fraction of sp³-hybridized carbons (Fsp3) is 0.636. The highest BCUT2D eigenvalue weighted by molar-refractivity contribution is 5.94. The Bertz CT molecular complexity index is 553. The van der Waals surface area contributed by atoms with E-state index in [2.05, 4.69) is 32.9 Å². The topological polar surface area (TPSA) is 61.8 Å². The zero-order valence-electron chi connectivity index (χ0n) is 17.4. The number of benzene rings is 1. The standard InChI is InChI=1S/C22H34O5/c1-6-25-20(23)19(21(24)26-7-2)11-9-8-10-16-27-18-14-12-17(13-15-18)22(3,4)5/h12-15,19H,6-11,16H2,1-5H3. The van der Waals surface area contributed by atoms with Crippen LogP contribution in [0.3, 0.4) is 0 Å². The van der Waals surface area contributed by atoms with Gasteiger partial charge in [0.25, 0.3) is 0 Å². The molecule has 0 aliphatic carbocycles. The molecule has 5 nitrogen and oxygen atoms in total. The molecule has 0 saturated carbocycles. The molecule has 0 radical (unpaired) electrons. The lowest BCUT2D eigenvalue weighted by atomic mass is 9.87. The van der Waals surface area contributed by atoms with Gasteiger partial charge in [-0.2, -0.15) is 0 Å². The van der Waals surface area contributed by atoms with Gasteiger partial charge in [-0.1, -0.05) is 45.7 Å². The molecule has 27 heavy (non-hydrogen) atoms. The predicted molar refractivity (Wildman–Crippen MR) is 106 cm³/mol. The van der Waals surface area contributed by atoms with E-state index in [1.807, 2.05) is 12.1 Å². The van der Waals surface area contributed by atoms with E-state index in [1.165, 1.54) is 5.56 Å². The first-order valence-electron chi connectivity index (χ1n) is 9.86. The minimum atomic E-state index is -0.823. The SMILES string of the molecule is CCOC(=O)C(CCCCCOc1ccc(C(C)(C)C)cc1)C(=O)OCC. The third-order valence-electron chi connectivity index (χ3n) is 4.27. The summed E-state index contributed by atoms with van der Waals surface area (Å²) in [6, 6.07) is 8.19. The number of carbonyl (C=O) groups excluding carboxylic acids is 2. The molecule has 0 aliphatic heterocycles. The van der Waals surface area contributed by atoms with E-state index in [-0.39, 0.29) is 18.6 Å². The predicted octanol–water partition coefficient (Wildman–Crippen LogP) is 4.67. The van der Waals surface area contributed by atoms with Crippen LogP contribution in [-0.2, 0) is 24.5 Å². The molecule has 0 bridgehead atoms. The van der Waals surface area contributed by atoms with Crippen LogP contribution in [0.2, 0.25) is 0 Å². The van der Waals surface area contributed by atoms with Crippen molar-refractivity contribution in [2.24, 2.45) is 5.92 Å². The van der Waals surface area contributed by atoms with Crippen LogP contribution in [0, 0.1) is 5.92 Å². The van der Waals surface area contributed by atoms with Crippen molar-refractivity contribution in [3.63, 3.8) is 0 Å². The molecule has 152 valence electrons. The summed E-state index contributed by atoms with van der Waals surface area (Å²) in [5, 5.41) is 0. The van der Waals surface area contributed by atoms with Gasteiger partial charge in [-0.05, 0) is 49.8 Å². The fourth-order valence-corrected chi connectivity index (χ4v) is 2.69. The Labute approximate surface area is 163 Å². The second kappa shape index (κ2) is 11.6. The van der Waals surface area contributed by atoms with Gasteiger partial charge in [0, 0.05) is 0 Å². The summed E-state index contributed by atoms with van der Waals surface area (Å²) in [4.78, 5) is 23.8. The molecule has 0 aliphatic rings. The molecular weight excluding hydrogens is 344 g/mol. The molecule has 0 spiro atoms. The number of hydrogen-bond donors (Lipinski definition) is 0. The number of carbonyl (C=O) groups is 2. The Morgan fingerprint density at radius 1 is 0.889 bits per heavy atom. The van der Waals surface area contributed by atoms with E-state index >= 15 is 0 Å². The molecular formula is C22H34O5. The van der Waals surface area contributed by atoms with Crippen LogP contribution >= 0.6 is 0 Å². The van der Waals surface area contributed by atoms with Crippen LogP contribution in [0.25, 0.3) is 0 Å². The smallest absolute Gasteiger partial charge is 0.320 e. The molecule has 0 fully saturated rings. The average Bonchev–Trinajstić information content (AvgIpc) is 2.61. The highest BCUT2D eigenvalue weighted by Crippen LogP contribution is 2.24. The van der Waals surface area contributed by atoms with Crippen molar-refractivity contribution < 1.29 is 23.8 Å². The van der Waals surface area contributed by atoms with Crippen molar-refractivity contribution >= 4 is 11.9 Å². The molecule has 1 rings (SSSR count). The fourth-order valence-electron chi connectivity index (χ4n) is 2.69. The second-order valence-corrected chi connectivity index (χ2v) is 7.53. The first kappa shape index (κ1) is 23.0. The zero-order valence-corrected chi connectivity index (χ0v) is 17.4. The van der Waals surface area contributed by atoms with Gasteiger partial charge in [0.05, 0.1) is 19.8 Å². The summed E-state index contributed by atoms with van der Waals surface area (Å²) in [6.07, 6.45) is 2.92. The highest BCUT2D eigenvalue weighted by Gasteiger charge is 2.28. The maximum absolute atomic E-state index is 11.9. The number of esters is 2. The van der Waals surface area contributed by atoms with Gasteiger partial charge in [-0.3, -0.25) is 9.59 Å². The van der Waals surface area contributed by atoms with Crippen LogP contribution in [0.5, 0.6) is 5.75 Å². The number of hydrogen-bond acceptors (Lipinski definition) is 5. The van der Waals surface area contributed by atoms with Gasteiger partial charge in [0.15, 0.2) is 5.92 Å². The largest absolute Gasteiger partial charge is 0.494 e. The molecule has 0 amide bonds.